The summed E-state index contributed by atoms with van der Waals surface area (Å²) in [5.41, 5.74) is 2.52. The lowest BCUT2D eigenvalue weighted by atomic mass is 9.79. The van der Waals surface area contributed by atoms with Gasteiger partial charge in [-0.15, -0.1) is 0 Å². The summed E-state index contributed by atoms with van der Waals surface area (Å²) >= 11 is 0. The molecule has 2 aliphatic rings. The molecule has 4 nitrogen and oxygen atoms in total. The molecule has 0 aliphatic carbocycles. The van der Waals surface area contributed by atoms with Gasteiger partial charge in [-0.05, 0) is 12.5 Å². The molecule has 2 heterocycles. The molecule has 0 saturated carbocycles. The van der Waals surface area contributed by atoms with Crippen LogP contribution in [0.15, 0.2) is 91.0 Å². The number of cyclic esters (lactones) is 1. The molecule has 4 heteroatoms. The maximum Gasteiger partial charge on any atom is 0.411 e. The van der Waals surface area contributed by atoms with Gasteiger partial charge in [-0.3, -0.25) is 9.80 Å². The molecular weight excluding hydrogens is 372 g/mol. The minimum absolute atomic E-state index is 0.0882. The van der Waals surface area contributed by atoms with Crippen molar-refractivity contribution in [2.24, 2.45) is 0 Å². The third-order valence-corrected chi connectivity index (χ3v) is 6.60. The molecule has 0 unspecified atom stereocenters. The number of hydrogen-bond acceptors (Lipinski definition) is 3. The molecule has 1 amide bonds. The average Bonchev–Trinajstić information content (AvgIpc) is 3.13. The highest BCUT2D eigenvalue weighted by molar-refractivity contribution is 5.74. The van der Waals surface area contributed by atoms with Gasteiger partial charge in [-0.1, -0.05) is 91.0 Å². The van der Waals surface area contributed by atoms with Crippen LogP contribution in [0.5, 0.6) is 0 Å². The first-order valence-electron chi connectivity index (χ1n) is 10.6. The first-order chi connectivity index (χ1) is 14.7. The predicted molar refractivity (Wildman–Crippen MR) is 117 cm³/mol. The quantitative estimate of drug-likeness (QED) is 0.631. The molecule has 0 radical (unpaired) electrons. The van der Waals surface area contributed by atoms with E-state index in [9.17, 15) is 4.79 Å². The van der Waals surface area contributed by atoms with Gasteiger partial charge in [0.25, 0.3) is 0 Å². The number of fused-ring (bicyclic) bond motifs is 1. The normalized spacial score (nSPS) is 21.7. The lowest BCUT2D eigenvalue weighted by molar-refractivity contribution is 0.0325. The Kier molecular flexibility index (Phi) is 4.80. The van der Waals surface area contributed by atoms with E-state index in [1.165, 1.54) is 5.56 Å². The van der Waals surface area contributed by atoms with Crippen LogP contribution in [0.2, 0.25) is 0 Å². The summed E-state index contributed by atoms with van der Waals surface area (Å²) < 4.78 is 6.26. The van der Waals surface area contributed by atoms with E-state index in [2.05, 4.69) is 60.4 Å². The molecule has 0 spiro atoms. The zero-order valence-corrected chi connectivity index (χ0v) is 17.1. The van der Waals surface area contributed by atoms with Gasteiger partial charge in [0, 0.05) is 36.8 Å². The minimum atomic E-state index is -0.811. The summed E-state index contributed by atoms with van der Waals surface area (Å²) in [4.78, 5) is 17.4. The Hall–Kier alpha value is -3.11. The third kappa shape index (κ3) is 2.99. The van der Waals surface area contributed by atoms with E-state index in [1.54, 1.807) is 0 Å². The Balaban J connectivity index is 1.57. The number of benzene rings is 3. The van der Waals surface area contributed by atoms with E-state index in [-0.39, 0.29) is 18.2 Å². The van der Waals surface area contributed by atoms with Crippen molar-refractivity contribution in [3.63, 3.8) is 0 Å². The topological polar surface area (TPSA) is 32.8 Å². The summed E-state index contributed by atoms with van der Waals surface area (Å²) in [6, 6.07) is 31.1. The van der Waals surface area contributed by atoms with Crippen molar-refractivity contribution in [1.29, 1.82) is 0 Å². The number of ether oxygens (including phenoxy) is 1. The Morgan fingerprint density at radius 3 is 1.93 bits per heavy atom. The van der Waals surface area contributed by atoms with E-state index >= 15 is 0 Å². The molecule has 2 fully saturated rings. The second-order valence-corrected chi connectivity index (χ2v) is 8.13. The molecule has 0 aromatic heterocycles. The van der Waals surface area contributed by atoms with Crippen molar-refractivity contribution in [2.75, 3.05) is 19.6 Å². The summed E-state index contributed by atoms with van der Waals surface area (Å²) in [6.07, 6.45) is -0.222. The molecule has 0 bridgehead atoms. The number of carbonyl (C=O) groups excluding carboxylic acids is 1. The number of rotatable bonds is 4. The van der Waals surface area contributed by atoms with Gasteiger partial charge in [0.1, 0.15) is 0 Å². The minimum Gasteiger partial charge on any atom is -0.431 e. The van der Waals surface area contributed by atoms with Gasteiger partial charge in [-0.25, -0.2) is 4.79 Å². The number of carbonyl (C=O) groups is 1. The first kappa shape index (κ1) is 18.9. The van der Waals surface area contributed by atoms with E-state index < -0.39 is 5.60 Å². The van der Waals surface area contributed by atoms with Crippen LogP contribution in [0.3, 0.4) is 0 Å². The first-order valence-corrected chi connectivity index (χ1v) is 10.6. The molecular formula is C26H26N2O2. The summed E-state index contributed by atoms with van der Waals surface area (Å²) in [5.74, 6) is 0. The van der Waals surface area contributed by atoms with Crippen molar-refractivity contribution in [2.45, 2.75) is 24.6 Å². The summed E-state index contributed by atoms with van der Waals surface area (Å²) in [7, 11) is 0. The molecule has 30 heavy (non-hydrogen) atoms. The van der Waals surface area contributed by atoms with Crippen molar-refractivity contribution >= 4 is 6.09 Å². The van der Waals surface area contributed by atoms with Crippen LogP contribution >= 0.6 is 0 Å². The highest BCUT2D eigenvalue weighted by Gasteiger charge is 2.58. The molecule has 2 saturated heterocycles. The lowest BCUT2D eigenvalue weighted by Crippen LogP contribution is -2.57. The molecule has 3 aromatic rings. The maximum absolute atomic E-state index is 13.0. The Morgan fingerprint density at radius 1 is 0.833 bits per heavy atom. The standard InChI is InChI=1S/C26H26N2O2/c1-20(21-11-5-2-6-12-21)27-17-18-28-24(19-27)26(30-25(28)29,22-13-7-3-8-14-22)23-15-9-4-10-16-23/h2-16,20,24H,17-19H2,1H3/t20-,24+/m0/s1. The molecule has 2 atom stereocenters. The van der Waals surface area contributed by atoms with Crippen LogP contribution in [0.25, 0.3) is 0 Å². The largest absolute Gasteiger partial charge is 0.431 e. The van der Waals surface area contributed by atoms with Gasteiger partial charge >= 0.3 is 6.09 Å². The smallest absolute Gasteiger partial charge is 0.411 e. The summed E-state index contributed by atoms with van der Waals surface area (Å²) in [5, 5.41) is 0. The van der Waals surface area contributed by atoms with Gasteiger partial charge in [0.15, 0.2) is 5.60 Å². The van der Waals surface area contributed by atoms with Gasteiger partial charge in [-0.2, -0.15) is 0 Å². The zero-order chi connectivity index (χ0) is 20.6. The van der Waals surface area contributed by atoms with Crippen LogP contribution in [-0.4, -0.2) is 41.6 Å². The fourth-order valence-corrected chi connectivity index (χ4v) is 4.97. The second-order valence-electron chi connectivity index (χ2n) is 8.13. The second kappa shape index (κ2) is 7.62. The van der Waals surface area contributed by atoms with Crippen molar-refractivity contribution in [3.8, 4) is 0 Å². The fourth-order valence-electron chi connectivity index (χ4n) is 4.97. The molecule has 5 rings (SSSR count). The van der Waals surface area contributed by atoms with E-state index in [0.717, 1.165) is 24.2 Å². The van der Waals surface area contributed by atoms with Gasteiger partial charge in [0.05, 0.1) is 6.04 Å². The maximum atomic E-state index is 13.0. The Labute approximate surface area is 177 Å². The van der Waals surface area contributed by atoms with E-state index in [0.29, 0.717) is 6.54 Å². The highest BCUT2D eigenvalue weighted by Crippen LogP contribution is 2.46. The Bertz CT molecular complexity index is 967. The van der Waals surface area contributed by atoms with Gasteiger partial charge in [0.2, 0.25) is 0 Å². The average molecular weight is 399 g/mol. The van der Waals surface area contributed by atoms with Crippen LogP contribution < -0.4 is 0 Å². The van der Waals surface area contributed by atoms with Gasteiger partial charge < -0.3 is 4.74 Å². The number of amides is 1. The van der Waals surface area contributed by atoms with Crippen LogP contribution in [0.1, 0.15) is 29.7 Å². The number of piperazine rings is 1. The van der Waals surface area contributed by atoms with Crippen LogP contribution in [-0.2, 0) is 10.3 Å². The third-order valence-electron chi connectivity index (χ3n) is 6.60. The van der Waals surface area contributed by atoms with Crippen molar-refractivity contribution in [3.05, 3.63) is 108 Å². The predicted octanol–water partition coefficient (Wildman–Crippen LogP) is 4.83. The zero-order valence-electron chi connectivity index (χ0n) is 17.1. The van der Waals surface area contributed by atoms with Crippen molar-refractivity contribution in [1.82, 2.24) is 9.80 Å². The molecule has 152 valence electrons. The Morgan fingerprint density at radius 2 is 1.37 bits per heavy atom. The van der Waals surface area contributed by atoms with Crippen LogP contribution in [0.4, 0.5) is 4.79 Å². The molecule has 3 aromatic carbocycles. The van der Waals surface area contributed by atoms with Crippen LogP contribution in [0, 0.1) is 0 Å². The molecule has 2 aliphatic heterocycles. The van der Waals surface area contributed by atoms with Crippen molar-refractivity contribution < 1.29 is 9.53 Å². The fraction of sp³-hybridized carbons (Fsp3) is 0.269. The van der Waals surface area contributed by atoms with E-state index in [1.807, 2.05) is 47.4 Å². The highest BCUT2D eigenvalue weighted by atomic mass is 16.6. The monoisotopic (exact) mass is 398 g/mol. The van der Waals surface area contributed by atoms with E-state index in [4.69, 9.17) is 4.74 Å². The summed E-state index contributed by atoms with van der Waals surface area (Å²) in [6.45, 7) is 4.50. The number of nitrogens with zero attached hydrogens (tertiary/aromatic N) is 2. The SMILES string of the molecule is C[C@@H](c1ccccc1)N1CCN2C(=O)OC(c3ccccc3)(c3ccccc3)[C@H]2C1. The number of hydrogen-bond donors (Lipinski definition) is 0. The molecule has 0 N–H and O–H groups in total. The lowest BCUT2D eigenvalue weighted by Gasteiger charge is -2.44.